The summed E-state index contributed by atoms with van der Waals surface area (Å²) >= 11 is 7.33. The van der Waals surface area contributed by atoms with Gasteiger partial charge in [0.25, 0.3) is 0 Å². The highest BCUT2D eigenvalue weighted by molar-refractivity contribution is 7.99. The molecule has 1 aromatic rings. The first-order valence-electron chi connectivity index (χ1n) is 6.15. The van der Waals surface area contributed by atoms with Crippen LogP contribution in [-0.2, 0) is 4.74 Å². The molecule has 8 heteroatoms. The number of ether oxygens (including phenoxy) is 1. The van der Waals surface area contributed by atoms with Crippen LogP contribution in [0.25, 0.3) is 0 Å². The van der Waals surface area contributed by atoms with E-state index in [9.17, 15) is 5.11 Å². The Morgan fingerprint density at radius 1 is 1.26 bits per heavy atom. The molecule has 0 radical (unpaired) electrons. The molecule has 0 aromatic carbocycles. The number of morpholine rings is 1. The quantitative estimate of drug-likeness (QED) is 0.839. The fourth-order valence-electron chi connectivity index (χ4n) is 1.54. The number of hydrogen-bond donors (Lipinski definition) is 1. The molecule has 1 aromatic heterocycles. The van der Waals surface area contributed by atoms with Crippen molar-refractivity contribution in [3.63, 3.8) is 0 Å². The van der Waals surface area contributed by atoms with Crippen LogP contribution < -0.4 is 4.90 Å². The van der Waals surface area contributed by atoms with Gasteiger partial charge < -0.3 is 14.7 Å². The Hall–Kier alpha value is -0.630. The van der Waals surface area contributed by atoms with Crippen LogP contribution in [0.15, 0.2) is 5.16 Å². The number of aliphatic hydroxyl groups is 1. The van der Waals surface area contributed by atoms with E-state index in [1.165, 1.54) is 11.8 Å². The zero-order valence-corrected chi connectivity index (χ0v) is 12.5. The van der Waals surface area contributed by atoms with Crippen molar-refractivity contribution < 1.29 is 9.84 Å². The van der Waals surface area contributed by atoms with E-state index in [2.05, 4.69) is 15.0 Å². The zero-order chi connectivity index (χ0) is 13.8. The van der Waals surface area contributed by atoms with Gasteiger partial charge in [0.05, 0.1) is 19.3 Å². The summed E-state index contributed by atoms with van der Waals surface area (Å²) in [5.41, 5.74) is 0. The van der Waals surface area contributed by atoms with E-state index in [-0.39, 0.29) is 10.5 Å². The van der Waals surface area contributed by atoms with Gasteiger partial charge in [-0.15, -0.1) is 0 Å². The predicted octanol–water partition coefficient (Wildman–Crippen LogP) is 1.22. The summed E-state index contributed by atoms with van der Waals surface area (Å²) < 4.78 is 5.29. The van der Waals surface area contributed by atoms with Crippen molar-refractivity contribution in [1.82, 2.24) is 15.0 Å². The third kappa shape index (κ3) is 4.17. The molecular weight excluding hydrogens is 288 g/mol. The summed E-state index contributed by atoms with van der Waals surface area (Å²) in [6.45, 7) is 6.48. The highest BCUT2D eigenvalue weighted by atomic mass is 35.5. The van der Waals surface area contributed by atoms with Gasteiger partial charge >= 0.3 is 0 Å². The summed E-state index contributed by atoms with van der Waals surface area (Å²) in [6, 6.07) is 0. The lowest BCUT2D eigenvalue weighted by Crippen LogP contribution is -2.37. The van der Waals surface area contributed by atoms with Gasteiger partial charge in [-0.25, -0.2) is 0 Å². The number of nitrogens with zero attached hydrogens (tertiary/aromatic N) is 4. The molecule has 0 saturated carbocycles. The molecule has 1 aliphatic heterocycles. The molecule has 2 heterocycles. The summed E-state index contributed by atoms with van der Waals surface area (Å²) in [6.07, 6.45) is -0.438. The second-order valence-electron chi connectivity index (χ2n) is 4.35. The molecule has 1 saturated heterocycles. The normalized spacial score (nSPS) is 19.3. The maximum atomic E-state index is 9.52. The van der Waals surface area contributed by atoms with Gasteiger partial charge in [-0.2, -0.15) is 15.0 Å². The molecule has 1 aliphatic rings. The molecule has 2 unspecified atom stereocenters. The SMILES string of the molecule is CC(O)C(C)Sc1nc(Cl)nc(N2CCOCC2)n1. The highest BCUT2D eigenvalue weighted by Crippen LogP contribution is 2.24. The van der Waals surface area contributed by atoms with E-state index >= 15 is 0 Å². The van der Waals surface area contributed by atoms with Gasteiger partial charge in [0.15, 0.2) is 5.16 Å². The van der Waals surface area contributed by atoms with Crippen LogP contribution in [-0.4, -0.2) is 57.7 Å². The minimum absolute atomic E-state index is 0.00370. The summed E-state index contributed by atoms with van der Waals surface area (Å²) in [5, 5.41) is 10.2. The number of hydrogen-bond acceptors (Lipinski definition) is 7. The van der Waals surface area contributed by atoms with Crippen molar-refractivity contribution in [3.8, 4) is 0 Å². The standard InChI is InChI=1S/C11H17ClN4O2S/c1-7(17)8(2)19-11-14-9(12)13-10(15-11)16-3-5-18-6-4-16/h7-8,17H,3-6H2,1-2H3. The lowest BCUT2D eigenvalue weighted by molar-refractivity contribution is 0.122. The van der Waals surface area contributed by atoms with Crippen molar-refractivity contribution >= 4 is 29.3 Å². The maximum Gasteiger partial charge on any atom is 0.230 e. The minimum atomic E-state index is -0.438. The third-order valence-electron chi connectivity index (χ3n) is 2.84. The number of anilines is 1. The van der Waals surface area contributed by atoms with E-state index in [0.29, 0.717) is 24.3 Å². The van der Waals surface area contributed by atoms with Crippen LogP contribution in [0.4, 0.5) is 5.95 Å². The maximum absolute atomic E-state index is 9.52. The Balaban J connectivity index is 2.14. The van der Waals surface area contributed by atoms with Crippen molar-refractivity contribution in [2.24, 2.45) is 0 Å². The van der Waals surface area contributed by atoms with Gasteiger partial charge in [0.2, 0.25) is 11.2 Å². The summed E-state index contributed by atoms with van der Waals surface area (Å²) in [4.78, 5) is 14.7. The molecule has 19 heavy (non-hydrogen) atoms. The lowest BCUT2D eigenvalue weighted by Gasteiger charge is -2.26. The molecule has 106 valence electrons. The molecular formula is C11H17ClN4O2S. The first kappa shape index (κ1) is 14.8. The van der Waals surface area contributed by atoms with Crippen LogP contribution in [0.2, 0.25) is 5.28 Å². The fraction of sp³-hybridized carbons (Fsp3) is 0.727. The Labute approximate surface area is 121 Å². The van der Waals surface area contributed by atoms with E-state index in [1.54, 1.807) is 6.92 Å². The number of halogens is 1. The molecule has 6 nitrogen and oxygen atoms in total. The lowest BCUT2D eigenvalue weighted by atomic mass is 10.3. The third-order valence-corrected chi connectivity index (χ3v) is 4.17. The van der Waals surface area contributed by atoms with Crippen LogP contribution in [0.1, 0.15) is 13.8 Å². The molecule has 1 N–H and O–H groups in total. The van der Waals surface area contributed by atoms with Crippen molar-refractivity contribution in [2.45, 2.75) is 30.4 Å². The Morgan fingerprint density at radius 2 is 1.95 bits per heavy atom. The summed E-state index contributed by atoms with van der Waals surface area (Å²) in [7, 11) is 0. The van der Waals surface area contributed by atoms with Crippen LogP contribution in [0, 0.1) is 0 Å². The highest BCUT2D eigenvalue weighted by Gasteiger charge is 2.18. The van der Waals surface area contributed by atoms with E-state index < -0.39 is 6.10 Å². The molecule has 0 aliphatic carbocycles. The fourth-order valence-corrected chi connectivity index (χ4v) is 2.55. The van der Waals surface area contributed by atoms with E-state index in [0.717, 1.165) is 13.1 Å². The zero-order valence-electron chi connectivity index (χ0n) is 10.9. The second kappa shape index (κ2) is 6.69. The van der Waals surface area contributed by atoms with Gasteiger partial charge in [-0.05, 0) is 18.5 Å². The smallest absolute Gasteiger partial charge is 0.230 e. The first-order chi connectivity index (χ1) is 9.06. The summed E-state index contributed by atoms with van der Waals surface area (Å²) in [5.74, 6) is 0.573. The topological polar surface area (TPSA) is 71.4 Å². The number of aliphatic hydroxyl groups excluding tert-OH is 1. The number of rotatable bonds is 4. The average molecular weight is 305 g/mol. The van der Waals surface area contributed by atoms with Gasteiger partial charge in [-0.1, -0.05) is 18.7 Å². The van der Waals surface area contributed by atoms with Gasteiger partial charge in [-0.3, -0.25) is 0 Å². The van der Waals surface area contributed by atoms with Crippen LogP contribution in [0.5, 0.6) is 0 Å². The average Bonchev–Trinajstić information content (AvgIpc) is 2.39. The Kier molecular flexibility index (Phi) is 5.20. The van der Waals surface area contributed by atoms with Gasteiger partial charge in [0.1, 0.15) is 0 Å². The molecule has 0 amide bonds. The number of thioether (sulfide) groups is 1. The molecule has 0 bridgehead atoms. The van der Waals surface area contributed by atoms with E-state index in [1.807, 2.05) is 11.8 Å². The predicted molar refractivity (Wildman–Crippen MR) is 74.9 cm³/mol. The number of aromatic nitrogens is 3. The van der Waals surface area contributed by atoms with E-state index in [4.69, 9.17) is 16.3 Å². The monoisotopic (exact) mass is 304 g/mol. The van der Waals surface area contributed by atoms with Crippen molar-refractivity contribution in [1.29, 1.82) is 0 Å². The van der Waals surface area contributed by atoms with Crippen molar-refractivity contribution in [2.75, 3.05) is 31.2 Å². The minimum Gasteiger partial charge on any atom is -0.392 e. The second-order valence-corrected chi connectivity index (χ2v) is 6.03. The molecule has 2 rings (SSSR count). The largest absolute Gasteiger partial charge is 0.392 e. The Morgan fingerprint density at radius 3 is 2.58 bits per heavy atom. The van der Waals surface area contributed by atoms with Gasteiger partial charge in [0, 0.05) is 18.3 Å². The van der Waals surface area contributed by atoms with Crippen molar-refractivity contribution in [3.05, 3.63) is 5.28 Å². The molecule has 2 atom stereocenters. The molecule has 1 fully saturated rings. The van der Waals surface area contributed by atoms with Crippen LogP contribution >= 0.6 is 23.4 Å². The first-order valence-corrected chi connectivity index (χ1v) is 7.41. The van der Waals surface area contributed by atoms with Crippen LogP contribution in [0.3, 0.4) is 0 Å². The molecule has 0 spiro atoms. The Bertz CT molecular complexity index is 429.